The third kappa shape index (κ3) is 4.05. The standard InChI is InChI=1S/C20H25NO4/c1-12(2)15-11-16(13(3)9-18(15)24-5)20(22)21-14-7-8-17(23-4)19(10-14)25-6/h7-12H,1-6H3,(H,21,22). The van der Waals surface area contributed by atoms with E-state index in [1.54, 1.807) is 39.5 Å². The van der Waals surface area contributed by atoms with Crippen LogP contribution < -0.4 is 19.5 Å². The Kier molecular flexibility index (Phi) is 5.91. The average molecular weight is 343 g/mol. The Morgan fingerprint density at radius 2 is 1.56 bits per heavy atom. The van der Waals surface area contributed by atoms with E-state index < -0.39 is 0 Å². The number of ether oxygens (including phenoxy) is 3. The van der Waals surface area contributed by atoms with Gasteiger partial charge < -0.3 is 19.5 Å². The normalized spacial score (nSPS) is 10.5. The molecule has 0 heterocycles. The highest BCUT2D eigenvalue weighted by atomic mass is 16.5. The van der Waals surface area contributed by atoms with Crippen molar-refractivity contribution in [1.29, 1.82) is 0 Å². The molecule has 0 bridgehead atoms. The van der Waals surface area contributed by atoms with Crippen molar-refractivity contribution in [3.05, 3.63) is 47.0 Å². The lowest BCUT2D eigenvalue weighted by atomic mass is 9.96. The number of hydrogen-bond acceptors (Lipinski definition) is 4. The van der Waals surface area contributed by atoms with Gasteiger partial charge in [-0.15, -0.1) is 0 Å². The number of carbonyl (C=O) groups excluding carboxylic acids is 1. The van der Waals surface area contributed by atoms with Crippen LogP contribution in [0.4, 0.5) is 5.69 Å². The summed E-state index contributed by atoms with van der Waals surface area (Å²) < 4.78 is 15.9. The number of rotatable bonds is 6. The topological polar surface area (TPSA) is 56.8 Å². The quantitative estimate of drug-likeness (QED) is 0.845. The van der Waals surface area contributed by atoms with Crippen LogP contribution in [-0.2, 0) is 0 Å². The van der Waals surface area contributed by atoms with E-state index in [4.69, 9.17) is 14.2 Å². The maximum Gasteiger partial charge on any atom is 0.255 e. The third-order valence-electron chi connectivity index (χ3n) is 4.08. The van der Waals surface area contributed by atoms with E-state index in [-0.39, 0.29) is 11.8 Å². The minimum atomic E-state index is -0.172. The van der Waals surface area contributed by atoms with Crippen LogP contribution in [0.5, 0.6) is 17.2 Å². The first kappa shape index (κ1) is 18.6. The van der Waals surface area contributed by atoms with Gasteiger partial charge in [-0.1, -0.05) is 13.8 Å². The van der Waals surface area contributed by atoms with Crippen molar-refractivity contribution in [2.45, 2.75) is 26.7 Å². The fourth-order valence-electron chi connectivity index (χ4n) is 2.68. The summed E-state index contributed by atoms with van der Waals surface area (Å²) in [7, 11) is 4.78. The van der Waals surface area contributed by atoms with Gasteiger partial charge in [0.2, 0.25) is 0 Å². The fourth-order valence-corrected chi connectivity index (χ4v) is 2.68. The lowest BCUT2D eigenvalue weighted by Gasteiger charge is -2.16. The van der Waals surface area contributed by atoms with E-state index in [1.807, 2.05) is 19.1 Å². The predicted octanol–water partition coefficient (Wildman–Crippen LogP) is 4.40. The molecule has 25 heavy (non-hydrogen) atoms. The van der Waals surface area contributed by atoms with Crippen molar-refractivity contribution in [2.24, 2.45) is 0 Å². The van der Waals surface area contributed by atoms with Crippen LogP contribution in [0, 0.1) is 6.92 Å². The highest BCUT2D eigenvalue weighted by Crippen LogP contribution is 2.32. The molecule has 0 unspecified atom stereocenters. The monoisotopic (exact) mass is 343 g/mol. The van der Waals surface area contributed by atoms with Crippen LogP contribution in [-0.4, -0.2) is 27.2 Å². The van der Waals surface area contributed by atoms with Gasteiger partial charge in [0.1, 0.15) is 5.75 Å². The van der Waals surface area contributed by atoms with Crippen molar-refractivity contribution in [2.75, 3.05) is 26.6 Å². The summed E-state index contributed by atoms with van der Waals surface area (Å²) in [6.45, 7) is 6.04. The number of aryl methyl sites for hydroxylation is 1. The van der Waals surface area contributed by atoms with Crippen molar-refractivity contribution in [3.63, 3.8) is 0 Å². The van der Waals surface area contributed by atoms with Gasteiger partial charge in [-0.3, -0.25) is 4.79 Å². The number of anilines is 1. The van der Waals surface area contributed by atoms with Crippen LogP contribution in [0.1, 0.15) is 41.3 Å². The van der Waals surface area contributed by atoms with Gasteiger partial charge in [0, 0.05) is 17.3 Å². The van der Waals surface area contributed by atoms with Crippen LogP contribution in [0.3, 0.4) is 0 Å². The zero-order chi connectivity index (χ0) is 18.6. The molecule has 0 saturated carbocycles. The third-order valence-corrected chi connectivity index (χ3v) is 4.08. The Balaban J connectivity index is 2.34. The summed E-state index contributed by atoms with van der Waals surface area (Å²) in [5.41, 5.74) is 3.13. The van der Waals surface area contributed by atoms with E-state index in [1.165, 1.54) is 0 Å². The summed E-state index contributed by atoms with van der Waals surface area (Å²) in [5.74, 6) is 2.06. The molecule has 0 saturated heterocycles. The van der Waals surface area contributed by atoms with Crippen molar-refractivity contribution in [1.82, 2.24) is 0 Å². The lowest BCUT2D eigenvalue weighted by Crippen LogP contribution is -2.14. The van der Waals surface area contributed by atoms with Gasteiger partial charge >= 0.3 is 0 Å². The molecule has 0 aliphatic rings. The van der Waals surface area contributed by atoms with E-state index in [0.717, 1.165) is 16.9 Å². The summed E-state index contributed by atoms with van der Waals surface area (Å²) in [4.78, 5) is 12.7. The SMILES string of the molecule is COc1ccc(NC(=O)c2cc(C(C)C)c(OC)cc2C)cc1OC. The highest BCUT2D eigenvalue weighted by Gasteiger charge is 2.16. The number of benzene rings is 2. The molecule has 0 radical (unpaired) electrons. The molecule has 134 valence electrons. The average Bonchev–Trinajstić information content (AvgIpc) is 2.60. The predicted molar refractivity (Wildman–Crippen MR) is 99.3 cm³/mol. The fraction of sp³-hybridized carbons (Fsp3) is 0.350. The van der Waals surface area contributed by atoms with Gasteiger partial charge in [-0.2, -0.15) is 0 Å². The Hall–Kier alpha value is -2.69. The molecule has 0 spiro atoms. The highest BCUT2D eigenvalue weighted by molar-refractivity contribution is 6.05. The molecular formula is C20H25NO4. The second-order valence-corrected chi connectivity index (χ2v) is 6.09. The molecule has 0 aliphatic heterocycles. The minimum absolute atomic E-state index is 0.172. The zero-order valence-electron chi connectivity index (χ0n) is 15.6. The Bertz CT molecular complexity index is 769. The Morgan fingerprint density at radius 1 is 0.920 bits per heavy atom. The van der Waals surface area contributed by atoms with Crippen LogP contribution in [0.25, 0.3) is 0 Å². The van der Waals surface area contributed by atoms with Crippen LogP contribution in [0.2, 0.25) is 0 Å². The molecule has 2 aromatic carbocycles. The second kappa shape index (κ2) is 7.92. The summed E-state index contributed by atoms with van der Waals surface area (Å²) in [5, 5.41) is 2.91. The first-order valence-corrected chi connectivity index (χ1v) is 8.13. The van der Waals surface area contributed by atoms with Gasteiger partial charge in [-0.05, 0) is 48.2 Å². The Morgan fingerprint density at radius 3 is 2.12 bits per heavy atom. The molecule has 2 rings (SSSR count). The summed E-state index contributed by atoms with van der Waals surface area (Å²) >= 11 is 0. The molecule has 0 fully saturated rings. The molecule has 0 aromatic heterocycles. The maximum atomic E-state index is 12.7. The van der Waals surface area contributed by atoms with E-state index >= 15 is 0 Å². The zero-order valence-corrected chi connectivity index (χ0v) is 15.6. The lowest BCUT2D eigenvalue weighted by molar-refractivity contribution is 0.102. The van der Waals surface area contributed by atoms with Crippen molar-refractivity contribution in [3.8, 4) is 17.2 Å². The van der Waals surface area contributed by atoms with Gasteiger partial charge in [0.25, 0.3) is 5.91 Å². The van der Waals surface area contributed by atoms with Crippen molar-refractivity contribution >= 4 is 11.6 Å². The minimum Gasteiger partial charge on any atom is -0.496 e. The van der Waals surface area contributed by atoms with Gasteiger partial charge in [-0.25, -0.2) is 0 Å². The first-order valence-electron chi connectivity index (χ1n) is 8.13. The second-order valence-electron chi connectivity index (χ2n) is 6.09. The molecule has 1 N–H and O–H groups in total. The van der Waals surface area contributed by atoms with Crippen molar-refractivity contribution < 1.29 is 19.0 Å². The molecule has 0 atom stereocenters. The van der Waals surface area contributed by atoms with E-state index in [9.17, 15) is 4.79 Å². The smallest absolute Gasteiger partial charge is 0.255 e. The van der Waals surface area contributed by atoms with E-state index in [2.05, 4.69) is 19.2 Å². The largest absolute Gasteiger partial charge is 0.496 e. The number of hydrogen-bond donors (Lipinski definition) is 1. The number of carbonyl (C=O) groups is 1. The van der Waals surface area contributed by atoms with Gasteiger partial charge in [0.15, 0.2) is 11.5 Å². The number of methoxy groups -OCH3 is 3. The number of amides is 1. The van der Waals surface area contributed by atoms with E-state index in [0.29, 0.717) is 22.7 Å². The first-order chi connectivity index (χ1) is 11.9. The summed E-state index contributed by atoms with van der Waals surface area (Å²) in [6, 6.07) is 9.07. The molecule has 1 amide bonds. The number of nitrogens with one attached hydrogen (secondary N) is 1. The molecule has 0 aliphatic carbocycles. The maximum absolute atomic E-state index is 12.7. The Labute approximate surface area is 148 Å². The van der Waals surface area contributed by atoms with Gasteiger partial charge in [0.05, 0.1) is 21.3 Å². The summed E-state index contributed by atoms with van der Waals surface area (Å²) in [6.07, 6.45) is 0. The molecule has 5 heteroatoms. The molecular weight excluding hydrogens is 318 g/mol. The van der Waals surface area contributed by atoms with Crippen LogP contribution >= 0.6 is 0 Å². The molecule has 5 nitrogen and oxygen atoms in total. The van der Waals surface area contributed by atoms with Crippen LogP contribution in [0.15, 0.2) is 30.3 Å². The molecule has 2 aromatic rings.